The minimum atomic E-state index is 0.573. The number of nitrogens with zero attached hydrogens (tertiary/aromatic N) is 4. The molecule has 4 aromatic heterocycles. The highest BCUT2D eigenvalue weighted by Gasteiger charge is 2.23. The molecule has 0 N–H and O–H groups in total. The van der Waals surface area contributed by atoms with Crippen molar-refractivity contribution < 1.29 is 4.42 Å². The van der Waals surface area contributed by atoms with Gasteiger partial charge in [0.1, 0.15) is 5.58 Å². The van der Waals surface area contributed by atoms with Gasteiger partial charge in [0.2, 0.25) is 5.71 Å². The third-order valence-electron chi connectivity index (χ3n) is 9.23. The molecule has 4 heterocycles. The fourth-order valence-electron chi connectivity index (χ4n) is 6.92. The minimum absolute atomic E-state index is 0.573. The van der Waals surface area contributed by atoms with Crippen molar-refractivity contribution in [2.45, 2.75) is 0 Å². The van der Waals surface area contributed by atoms with Gasteiger partial charge in [0, 0.05) is 53.8 Å². The number of fused-ring (bicyclic) bond motifs is 6. The Kier molecular flexibility index (Phi) is 6.60. The van der Waals surface area contributed by atoms with Crippen molar-refractivity contribution in [3.8, 4) is 56.4 Å². The monoisotopic (exact) mass is 658 g/mol. The zero-order chi connectivity index (χ0) is 33.0. The molecule has 0 fully saturated rings. The molecule has 0 aliphatic carbocycles. The maximum Gasteiger partial charge on any atom is 0.227 e. The predicted molar refractivity (Wildman–Crippen MR) is 205 cm³/mol. The van der Waals surface area contributed by atoms with Crippen molar-refractivity contribution in [2.75, 3.05) is 0 Å². The van der Waals surface area contributed by atoms with E-state index >= 15 is 0 Å². The largest absolute Gasteiger partial charge is 0.438 e. The van der Waals surface area contributed by atoms with Gasteiger partial charge in [0.25, 0.3) is 0 Å². The summed E-state index contributed by atoms with van der Waals surface area (Å²) >= 11 is 1.77. The SMILES string of the molecule is c1ccc(-c2cccc(-c3ccc4oc5ncccc5c4c3-c3nc(-c4ccccc4)nc(-c4cccc5c4sc4ccccc45)n3)c2)cc1. The van der Waals surface area contributed by atoms with Gasteiger partial charge in [-0.15, -0.1) is 11.3 Å². The number of hydrogen-bond donors (Lipinski definition) is 0. The zero-order valence-corrected chi connectivity index (χ0v) is 27.4. The van der Waals surface area contributed by atoms with E-state index in [9.17, 15) is 0 Å². The Morgan fingerprint density at radius 3 is 2.02 bits per heavy atom. The fourth-order valence-corrected chi connectivity index (χ4v) is 8.13. The molecule has 10 aromatic rings. The Labute approximate surface area is 291 Å². The molecular formula is C44H26N4OS. The van der Waals surface area contributed by atoms with E-state index in [1.54, 1.807) is 17.5 Å². The van der Waals surface area contributed by atoms with Crippen LogP contribution in [0.5, 0.6) is 0 Å². The van der Waals surface area contributed by atoms with Crippen LogP contribution in [-0.4, -0.2) is 19.9 Å². The number of thiophene rings is 1. The number of benzene rings is 6. The lowest BCUT2D eigenvalue weighted by Crippen LogP contribution is -2.01. The normalized spacial score (nSPS) is 11.6. The first kappa shape index (κ1) is 28.5. The quantitative estimate of drug-likeness (QED) is 0.184. The molecule has 6 aromatic carbocycles. The number of furan rings is 1. The van der Waals surface area contributed by atoms with Gasteiger partial charge in [-0.1, -0.05) is 109 Å². The van der Waals surface area contributed by atoms with Gasteiger partial charge >= 0.3 is 0 Å². The van der Waals surface area contributed by atoms with Crippen molar-refractivity contribution >= 4 is 53.6 Å². The summed E-state index contributed by atoms with van der Waals surface area (Å²) in [7, 11) is 0. The zero-order valence-electron chi connectivity index (χ0n) is 26.6. The first-order valence-electron chi connectivity index (χ1n) is 16.5. The Hall–Kier alpha value is -6.50. The van der Waals surface area contributed by atoms with Crippen molar-refractivity contribution in [1.82, 2.24) is 19.9 Å². The summed E-state index contributed by atoms with van der Waals surface area (Å²) in [6, 6.07) is 52.3. The lowest BCUT2D eigenvalue weighted by Gasteiger charge is -2.14. The highest BCUT2D eigenvalue weighted by atomic mass is 32.1. The predicted octanol–water partition coefficient (Wildman–Crippen LogP) is 11.9. The molecule has 234 valence electrons. The summed E-state index contributed by atoms with van der Waals surface area (Å²) in [5.41, 5.74) is 8.41. The van der Waals surface area contributed by atoms with Crippen LogP contribution in [0.4, 0.5) is 0 Å². The molecule has 6 heteroatoms. The molecule has 0 bridgehead atoms. The van der Waals surface area contributed by atoms with Crippen LogP contribution < -0.4 is 0 Å². The van der Waals surface area contributed by atoms with E-state index in [4.69, 9.17) is 19.4 Å². The van der Waals surface area contributed by atoms with Crippen molar-refractivity contribution in [3.63, 3.8) is 0 Å². The molecule has 0 saturated carbocycles. The molecule has 10 rings (SSSR count). The molecule has 50 heavy (non-hydrogen) atoms. The summed E-state index contributed by atoms with van der Waals surface area (Å²) in [6.07, 6.45) is 1.76. The van der Waals surface area contributed by atoms with E-state index in [1.165, 1.54) is 15.5 Å². The van der Waals surface area contributed by atoms with Crippen LogP contribution in [0.3, 0.4) is 0 Å². The minimum Gasteiger partial charge on any atom is -0.438 e. The third-order valence-corrected chi connectivity index (χ3v) is 10.5. The van der Waals surface area contributed by atoms with Crippen LogP contribution in [0.25, 0.3) is 98.7 Å². The summed E-state index contributed by atoms with van der Waals surface area (Å²) in [5, 5.41) is 4.26. The van der Waals surface area contributed by atoms with Gasteiger partial charge in [-0.2, -0.15) is 0 Å². The van der Waals surface area contributed by atoms with Crippen LogP contribution in [0, 0.1) is 0 Å². The molecule has 0 unspecified atom stereocenters. The smallest absolute Gasteiger partial charge is 0.227 e. The lowest BCUT2D eigenvalue weighted by atomic mass is 9.92. The second-order valence-corrected chi connectivity index (χ2v) is 13.3. The van der Waals surface area contributed by atoms with E-state index < -0.39 is 0 Å². The first-order valence-corrected chi connectivity index (χ1v) is 17.3. The number of aromatic nitrogens is 4. The number of pyridine rings is 1. The van der Waals surface area contributed by atoms with E-state index in [1.807, 2.05) is 48.5 Å². The Morgan fingerprint density at radius 2 is 1.14 bits per heavy atom. The molecule has 0 radical (unpaired) electrons. The van der Waals surface area contributed by atoms with E-state index in [0.717, 1.165) is 60.0 Å². The number of hydrogen-bond acceptors (Lipinski definition) is 6. The topological polar surface area (TPSA) is 64.7 Å². The highest BCUT2D eigenvalue weighted by Crippen LogP contribution is 2.44. The second kappa shape index (κ2) is 11.6. The van der Waals surface area contributed by atoms with Crippen LogP contribution in [0.2, 0.25) is 0 Å². The van der Waals surface area contributed by atoms with Crippen molar-refractivity contribution in [1.29, 1.82) is 0 Å². The van der Waals surface area contributed by atoms with E-state index in [2.05, 4.69) is 108 Å². The second-order valence-electron chi connectivity index (χ2n) is 12.2. The summed E-state index contributed by atoms with van der Waals surface area (Å²) in [4.78, 5) is 20.3. The Morgan fingerprint density at radius 1 is 0.460 bits per heavy atom. The van der Waals surface area contributed by atoms with Gasteiger partial charge in [-0.05, 0) is 64.7 Å². The molecule has 0 spiro atoms. The maximum absolute atomic E-state index is 6.34. The molecule has 0 amide bonds. The highest BCUT2D eigenvalue weighted by molar-refractivity contribution is 7.26. The fraction of sp³-hybridized carbons (Fsp3) is 0. The molecule has 0 atom stereocenters. The van der Waals surface area contributed by atoms with Crippen molar-refractivity contribution in [3.05, 3.63) is 158 Å². The molecule has 5 nitrogen and oxygen atoms in total. The summed E-state index contributed by atoms with van der Waals surface area (Å²) in [6.45, 7) is 0. The van der Waals surface area contributed by atoms with Crippen LogP contribution in [0.1, 0.15) is 0 Å². The Bertz CT molecular complexity index is 2880. The van der Waals surface area contributed by atoms with Gasteiger partial charge in [0.05, 0.1) is 0 Å². The first-order chi connectivity index (χ1) is 24.8. The van der Waals surface area contributed by atoms with Crippen LogP contribution in [0.15, 0.2) is 162 Å². The number of rotatable bonds is 5. The van der Waals surface area contributed by atoms with E-state index in [0.29, 0.717) is 23.2 Å². The van der Waals surface area contributed by atoms with Gasteiger partial charge < -0.3 is 4.42 Å². The molecule has 0 aliphatic rings. The lowest BCUT2D eigenvalue weighted by molar-refractivity contribution is 0.654. The van der Waals surface area contributed by atoms with Crippen LogP contribution in [-0.2, 0) is 0 Å². The van der Waals surface area contributed by atoms with Gasteiger partial charge in [0.15, 0.2) is 17.5 Å². The van der Waals surface area contributed by atoms with Crippen LogP contribution >= 0.6 is 11.3 Å². The Balaban J connectivity index is 1.29. The summed E-state index contributed by atoms with van der Waals surface area (Å²) < 4.78 is 8.72. The average molecular weight is 659 g/mol. The van der Waals surface area contributed by atoms with Gasteiger partial charge in [-0.3, -0.25) is 0 Å². The van der Waals surface area contributed by atoms with Crippen molar-refractivity contribution in [2.24, 2.45) is 0 Å². The maximum atomic E-state index is 6.34. The molecule has 0 saturated heterocycles. The van der Waals surface area contributed by atoms with E-state index in [-0.39, 0.29) is 0 Å². The molecule has 0 aliphatic heterocycles. The third kappa shape index (κ3) is 4.69. The standard InChI is InChI=1S/C44H26N4OS/c1-3-12-27(13-4-1)29-16-9-17-30(26-29)31-23-24-36-38(34-21-11-25-45-44(34)49-36)39(31)43-47-41(28-14-5-2-6-15-28)46-42(48-43)35-20-10-19-33-32-18-7-8-22-37(32)50-40(33)35/h1-26H. The average Bonchev–Trinajstić information content (AvgIpc) is 3.77. The summed E-state index contributed by atoms with van der Waals surface area (Å²) in [5.74, 6) is 1.80. The van der Waals surface area contributed by atoms with Gasteiger partial charge in [-0.25, -0.2) is 19.9 Å². The molecular weight excluding hydrogens is 633 g/mol.